The summed E-state index contributed by atoms with van der Waals surface area (Å²) in [6.07, 6.45) is 6.94. The summed E-state index contributed by atoms with van der Waals surface area (Å²) in [5, 5.41) is 3.68. The monoisotopic (exact) mass is 237 g/mol. The van der Waals surface area contributed by atoms with Gasteiger partial charge < -0.3 is 5.32 Å². The number of nitrogens with zero attached hydrogens (tertiary/aromatic N) is 2. The van der Waals surface area contributed by atoms with Crippen LogP contribution in [0.15, 0.2) is 0 Å². The maximum atomic E-state index is 3.68. The van der Waals surface area contributed by atoms with Gasteiger partial charge in [0.1, 0.15) is 0 Å². The predicted octanol–water partition coefficient (Wildman–Crippen LogP) is 1.30. The Morgan fingerprint density at radius 3 is 2.59 bits per heavy atom. The van der Waals surface area contributed by atoms with Gasteiger partial charge in [0.05, 0.1) is 0 Å². The minimum atomic E-state index is 0.729. The highest BCUT2D eigenvalue weighted by Gasteiger charge is 2.36. The third kappa shape index (κ3) is 2.83. The van der Waals surface area contributed by atoms with Crippen LogP contribution in [0.1, 0.15) is 39.0 Å². The van der Waals surface area contributed by atoms with E-state index in [4.69, 9.17) is 0 Å². The summed E-state index contributed by atoms with van der Waals surface area (Å²) in [5.41, 5.74) is 0. The van der Waals surface area contributed by atoms with E-state index in [-0.39, 0.29) is 0 Å². The minimum absolute atomic E-state index is 0.729. The van der Waals surface area contributed by atoms with Crippen LogP contribution < -0.4 is 5.32 Å². The Bertz CT molecular complexity index is 252. The second kappa shape index (κ2) is 5.25. The molecular weight excluding hydrogens is 210 g/mol. The predicted molar refractivity (Wildman–Crippen MR) is 71.3 cm³/mol. The number of likely N-dealkylation sites (tertiary alicyclic amines) is 1. The minimum Gasteiger partial charge on any atom is -0.313 e. The van der Waals surface area contributed by atoms with Crippen molar-refractivity contribution in [1.82, 2.24) is 15.1 Å². The molecule has 3 fully saturated rings. The van der Waals surface area contributed by atoms with Crippen LogP contribution in [0.5, 0.6) is 0 Å². The van der Waals surface area contributed by atoms with Gasteiger partial charge in [-0.2, -0.15) is 0 Å². The molecule has 1 saturated carbocycles. The fourth-order valence-corrected chi connectivity index (χ4v) is 3.47. The molecule has 98 valence electrons. The molecule has 2 saturated heterocycles. The van der Waals surface area contributed by atoms with Gasteiger partial charge in [0.25, 0.3) is 0 Å². The fraction of sp³-hybridized carbons (Fsp3) is 1.00. The van der Waals surface area contributed by atoms with E-state index >= 15 is 0 Å². The molecule has 0 amide bonds. The second-order valence-corrected chi connectivity index (χ2v) is 6.08. The van der Waals surface area contributed by atoms with E-state index in [2.05, 4.69) is 22.0 Å². The third-order valence-corrected chi connectivity index (χ3v) is 4.78. The molecule has 0 spiro atoms. The topological polar surface area (TPSA) is 18.5 Å². The van der Waals surface area contributed by atoms with Gasteiger partial charge in [-0.15, -0.1) is 0 Å². The Labute approximate surface area is 106 Å². The molecule has 2 aliphatic heterocycles. The average Bonchev–Trinajstić information content (AvgIpc) is 3.13. The molecule has 0 radical (unpaired) electrons. The molecule has 2 heterocycles. The summed E-state index contributed by atoms with van der Waals surface area (Å²) < 4.78 is 0. The number of hydrogen-bond acceptors (Lipinski definition) is 3. The molecule has 17 heavy (non-hydrogen) atoms. The molecule has 1 aliphatic carbocycles. The van der Waals surface area contributed by atoms with Crippen LogP contribution in [0, 0.1) is 0 Å². The van der Waals surface area contributed by atoms with Crippen molar-refractivity contribution >= 4 is 0 Å². The van der Waals surface area contributed by atoms with Crippen LogP contribution in [-0.2, 0) is 0 Å². The molecule has 2 atom stereocenters. The lowest BCUT2D eigenvalue weighted by Gasteiger charge is -2.29. The molecule has 2 unspecified atom stereocenters. The van der Waals surface area contributed by atoms with Crippen LogP contribution in [0.3, 0.4) is 0 Å². The third-order valence-electron chi connectivity index (χ3n) is 4.78. The first-order valence-electron chi connectivity index (χ1n) is 7.58. The van der Waals surface area contributed by atoms with Crippen LogP contribution in [0.25, 0.3) is 0 Å². The van der Waals surface area contributed by atoms with E-state index in [1.807, 2.05) is 0 Å². The van der Waals surface area contributed by atoms with Gasteiger partial charge in [-0.05, 0) is 45.2 Å². The van der Waals surface area contributed by atoms with Crippen molar-refractivity contribution in [3.8, 4) is 0 Å². The normalized spacial score (nSPS) is 37.2. The van der Waals surface area contributed by atoms with E-state index in [0.717, 1.165) is 18.1 Å². The number of rotatable bonds is 3. The van der Waals surface area contributed by atoms with Crippen molar-refractivity contribution in [2.24, 2.45) is 0 Å². The first-order chi connectivity index (χ1) is 8.36. The first-order valence-corrected chi connectivity index (χ1v) is 7.58. The van der Waals surface area contributed by atoms with Gasteiger partial charge in [0, 0.05) is 37.8 Å². The molecule has 0 aromatic heterocycles. The average molecular weight is 237 g/mol. The summed E-state index contributed by atoms with van der Waals surface area (Å²) in [4.78, 5) is 5.51. The second-order valence-electron chi connectivity index (χ2n) is 6.08. The van der Waals surface area contributed by atoms with E-state index in [9.17, 15) is 0 Å². The zero-order valence-electron chi connectivity index (χ0n) is 11.2. The lowest BCUT2D eigenvalue weighted by Crippen LogP contribution is -2.43. The quantitative estimate of drug-likeness (QED) is 0.798. The van der Waals surface area contributed by atoms with E-state index in [1.165, 1.54) is 64.8 Å². The molecule has 0 aromatic carbocycles. The summed E-state index contributed by atoms with van der Waals surface area (Å²) >= 11 is 0. The molecule has 0 bridgehead atoms. The van der Waals surface area contributed by atoms with Gasteiger partial charge in [-0.1, -0.05) is 6.92 Å². The molecular formula is C14H27N3. The first kappa shape index (κ1) is 11.9. The highest BCUT2D eigenvalue weighted by Crippen LogP contribution is 2.31. The lowest BCUT2D eigenvalue weighted by atomic mass is 10.1. The van der Waals surface area contributed by atoms with E-state index < -0.39 is 0 Å². The summed E-state index contributed by atoms with van der Waals surface area (Å²) in [5.74, 6) is 0. The Morgan fingerprint density at radius 1 is 1.00 bits per heavy atom. The highest BCUT2D eigenvalue weighted by atomic mass is 15.3. The summed E-state index contributed by atoms with van der Waals surface area (Å²) in [6, 6.07) is 2.55. The Hall–Kier alpha value is -0.120. The molecule has 3 nitrogen and oxygen atoms in total. The van der Waals surface area contributed by atoms with Crippen molar-refractivity contribution in [3.63, 3.8) is 0 Å². The van der Waals surface area contributed by atoms with Crippen molar-refractivity contribution in [2.45, 2.75) is 57.2 Å². The fourth-order valence-electron chi connectivity index (χ4n) is 3.47. The number of nitrogens with one attached hydrogen (secondary N) is 1. The van der Waals surface area contributed by atoms with E-state index in [1.54, 1.807) is 0 Å². The zero-order valence-corrected chi connectivity index (χ0v) is 11.2. The van der Waals surface area contributed by atoms with Crippen LogP contribution >= 0.6 is 0 Å². The molecule has 0 aromatic rings. The standard InChI is InChI=1S/C14H27N3/c1-2-12-10-16(8-3-7-15-12)14-6-9-17(11-14)13-4-5-13/h12-15H,2-11H2,1H3. The maximum Gasteiger partial charge on any atom is 0.0236 e. The Kier molecular flexibility index (Phi) is 3.69. The molecule has 3 rings (SSSR count). The van der Waals surface area contributed by atoms with Gasteiger partial charge in [-0.25, -0.2) is 0 Å². The highest BCUT2D eigenvalue weighted by molar-refractivity contribution is 4.93. The van der Waals surface area contributed by atoms with Gasteiger partial charge in [0.2, 0.25) is 0 Å². The van der Waals surface area contributed by atoms with Crippen LogP contribution in [0.2, 0.25) is 0 Å². The maximum absolute atomic E-state index is 3.68. The SMILES string of the molecule is CCC1CN(C2CCN(C3CC3)C2)CCCN1. The van der Waals surface area contributed by atoms with Crippen molar-refractivity contribution in [1.29, 1.82) is 0 Å². The summed E-state index contributed by atoms with van der Waals surface area (Å²) in [7, 11) is 0. The zero-order chi connectivity index (χ0) is 11.7. The summed E-state index contributed by atoms with van der Waals surface area (Å²) in [6.45, 7) is 8.82. The van der Waals surface area contributed by atoms with Crippen molar-refractivity contribution < 1.29 is 0 Å². The largest absolute Gasteiger partial charge is 0.313 e. The lowest BCUT2D eigenvalue weighted by molar-refractivity contribution is 0.186. The van der Waals surface area contributed by atoms with Gasteiger partial charge >= 0.3 is 0 Å². The molecule has 1 N–H and O–H groups in total. The Morgan fingerprint density at radius 2 is 1.82 bits per heavy atom. The van der Waals surface area contributed by atoms with E-state index in [0.29, 0.717) is 0 Å². The Balaban J connectivity index is 1.55. The van der Waals surface area contributed by atoms with Gasteiger partial charge in [0.15, 0.2) is 0 Å². The van der Waals surface area contributed by atoms with Crippen molar-refractivity contribution in [3.05, 3.63) is 0 Å². The van der Waals surface area contributed by atoms with Crippen molar-refractivity contribution in [2.75, 3.05) is 32.7 Å². The van der Waals surface area contributed by atoms with Crippen LogP contribution in [-0.4, -0.2) is 60.6 Å². The van der Waals surface area contributed by atoms with Crippen LogP contribution in [0.4, 0.5) is 0 Å². The molecule has 3 aliphatic rings. The molecule has 3 heteroatoms. The van der Waals surface area contributed by atoms with Gasteiger partial charge in [-0.3, -0.25) is 9.80 Å². The smallest absolute Gasteiger partial charge is 0.0236 e. The number of hydrogen-bond donors (Lipinski definition) is 1.